The van der Waals surface area contributed by atoms with Crippen molar-refractivity contribution in [1.29, 1.82) is 0 Å². The van der Waals surface area contributed by atoms with E-state index in [-0.39, 0.29) is 36.8 Å². The second kappa shape index (κ2) is 8.69. The summed E-state index contributed by atoms with van der Waals surface area (Å²) < 4.78 is 0. The van der Waals surface area contributed by atoms with Gasteiger partial charge >= 0.3 is 0 Å². The van der Waals surface area contributed by atoms with Crippen molar-refractivity contribution in [3.63, 3.8) is 0 Å². The van der Waals surface area contributed by atoms with E-state index in [1.807, 2.05) is 5.38 Å². The van der Waals surface area contributed by atoms with Crippen molar-refractivity contribution in [3.8, 4) is 0 Å². The number of aromatic nitrogens is 1. The molecule has 1 aromatic rings. The normalized spacial score (nSPS) is 21.8. The SMILES string of the molecule is Cl.Cl.N[C@@H]1CCC[C@H]1CC(=O)NCc1cscn1. The summed E-state index contributed by atoms with van der Waals surface area (Å²) >= 11 is 1.54. The molecule has 1 saturated carbocycles. The topological polar surface area (TPSA) is 68.0 Å². The number of nitrogens with zero attached hydrogens (tertiary/aromatic N) is 1. The molecule has 7 heteroatoms. The number of hydrogen-bond donors (Lipinski definition) is 2. The average Bonchev–Trinajstić information content (AvgIpc) is 2.88. The molecule has 2 rings (SSSR count). The number of nitrogens with one attached hydrogen (secondary N) is 1. The lowest BCUT2D eigenvalue weighted by Crippen LogP contribution is -2.31. The Kier molecular flexibility index (Phi) is 8.52. The van der Waals surface area contributed by atoms with Crippen LogP contribution in [0, 0.1) is 5.92 Å². The molecule has 0 saturated heterocycles. The molecule has 1 aromatic heterocycles. The Morgan fingerprint density at radius 1 is 1.50 bits per heavy atom. The van der Waals surface area contributed by atoms with Gasteiger partial charge in [-0.3, -0.25) is 4.79 Å². The van der Waals surface area contributed by atoms with Crippen molar-refractivity contribution in [2.24, 2.45) is 11.7 Å². The maximum atomic E-state index is 11.6. The van der Waals surface area contributed by atoms with Crippen molar-refractivity contribution in [1.82, 2.24) is 10.3 Å². The van der Waals surface area contributed by atoms with Crippen LogP contribution in [0.1, 0.15) is 31.4 Å². The van der Waals surface area contributed by atoms with Crippen LogP contribution in [0.2, 0.25) is 0 Å². The highest BCUT2D eigenvalue weighted by molar-refractivity contribution is 7.07. The Balaban J connectivity index is 0.00000144. The third-order valence-electron chi connectivity index (χ3n) is 3.12. The van der Waals surface area contributed by atoms with Gasteiger partial charge in [-0.25, -0.2) is 4.98 Å². The van der Waals surface area contributed by atoms with Crippen LogP contribution in [0.25, 0.3) is 0 Å². The van der Waals surface area contributed by atoms with Gasteiger partial charge in [0.25, 0.3) is 0 Å². The van der Waals surface area contributed by atoms with Gasteiger partial charge < -0.3 is 11.1 Å². The molecule has 2 atom stereocenters. The highest BCUT2D eigenvalue weighted by atomic mass is 35.5. The number of rotatable bonds is 4. The summed E-state index contributed by atoms with van der Waals surface area (Å²) in [5, 5.41) is 4.83. The molecular weight excluding hydrogens is 293 g/mol. The lowest BCUT2D eigenvalue weighted by atomic mass is 10.00. The van der Waals surface area contributed by atoms with E-state index in [4.69, 9.17) is 5.73 Å². The van der Waals surface area contributed by atoms with Gasteiger partial charge in [-0.15, -0.1) is 36.2 Å². The molecule has 1 amide bonds. The molecule has 0 unspecified atom stereocenters. The monoisotopic (exact) mass is 311 g/mol. The van der Waals surface area contributed by atoms with Crippen molar-refractivity contribution in [2.75, 3.05) is 0 Å². The van der Waals surface area contributed by atoms with E-state index in [1.165, 1.54) is 0 Å². The standard InChI is InChI=1S/C11H17N3OS.2ClH/c12-10-3-1-2-8(10)4-11(15)13-5-9-6-16-7-14-9;;/h6-8,10H,1-5,12H2,(H,13,15);2*1H/t8-,10+;;/m0../s1. The molecule has 4 nitrogen and oxygen atoms in total. The molecule has 0 aromatic carbocycles. The largest absolute Gasteiger partial charge is 0.350 e. The molecule has 1 fully saturated rings. The Labute approximate surface area is 124 Å². The molecule has 0 bridgehead atoms. The van der Waals surface area contributed by atoms with Crippen LogP contribution < -0.4 is 11.1 Å². The number of thiazole rings is 1. The first-order chi connectivity index (χ1) is 7.75. The van der Waals surface area contributed by atoms with Gasteiger partial charge in [0.2, 0.25) is 5.91 Å². The van der Waals surface area contributed by atoms with Gasteiger partial charge in [0.1, 0.15) is 0 Å². The van der Waals surface area contributed by atoms with Crippen LogP contribution in [0.4, 0.5) is 0 Å². The second-order valence-electron chi connectivity index (χ2n) is 4.32. The predicted octanol–water partition coefficient (Wildman–Crippen LogP) is 2.12. The van der Waals surface area contributed by atoms with E-state index < -0.39 is 0 Å². The van der Waals surface area contributed by atoms with E-state index in [2.05, 4.69) is 10.3 Å². The number of amides is 1. The van der Waals surface area contributed by atoms with Crippen LogP contribution in [0.15, 0.2) is 10.9 Å². The molecule has 1 aliphatic rings. The van der Waals surface area contributed by atoms with E-state index in [1.54, 1.807) is 16.8 Å². The summed E-state index contributed by atoms with van der Waals surface area (Å²) in [4.78, 5) is 15.8. The zero-order chi connectivity index (χ0) is 11.4. The summed E-state index contributed by atoms with van der Waals surface area (Å²) in [6.45, 7) is 0.532. The number of carbonyl (C=O) groups is 1. The molecule has 3 N–H and O–H groups in total. The summed E-state index contributed by atoms with van der Waals surface area (Å²) in [6, 6.07) is 0.213. The first kappa shape index (κ1) is 17.6. The molecule has 0 aliphatic heterocycles. The molecule has 1 heterocycles. The lowest BCUT2D eigenvalue weighted by Gasteiger charge is -2.14. The Hall–Kier alpha value is -0.360. The fraction of sp³-hybridized carbons (Fsp3) is 0.636. The van der Waals surface area contributed by atoms with Gasteiger partial charge in [0, 0.05) is 17.8 Å². The molecule has 104 valence electrons. The quantitative estimate of drug-likeness (QED) is 0.895. The Morgan fingerprint density at radius 3 is 2.83 bits per heavy atom. The molecule has 18 heavy (non-hydrogen) atoms. The zero-order valence-corrected chi connectivity index (χ0v) is 12.5. The van der Waals surface area contributed by atoms with E-state index in [0.717, 1.165) is 25.0 Å². The van der Waals surface area contributed by atoms with E-state index >= 15 is 0 Å². The average molecular weight is 312 g/mol. The third-order valence-corrected chi connectivity index (χ3v) is 3.75. The minimum atomic E-state index is 0. The van der Waals surface area contributed by atoms with Crippen LogP contribution in [-0.2, 0) is 11.3 Å². The first-order valence-electron chi connectivity index (χ1n) is 5.65. The summed E-state index contributed by atoms with van der Waals surface area (Å²) in [5.74, 6) is 0.464. The first-order valence-corrected chi connectivity index (χ1v) is 6.59. The summed E-state index contributed by atoms with van der Waals surface area (Å²) in [6.07, 6.45) is 3.87. The fourth-order valence-electron chi connectivity index (χ4n) is 2.14. The van der Waals surface area contributed by atoms with Gasteiger partial charge in [-0.05, 0) is 18.8 Å². The van der Waals surface area contributed by atoms with Crippen LogP contribution in [0.3, 0.4) is 0 Å². The van der Waals surface area contributed by atoms with Crippen molar-refractivity contribution in [2.45, 2.75) is 38.3 Å². The number of carbonyl (C=O) groups excluding carboxylic acids is 1. The van der Waals surface area contributed by atoms with Crippen molar-refractivity contribution in [3.05, 3.63) is 16.6 Å². The third kappa shape index (κ3) is 5.10. The second-order valence-corrected chi connectivity index (χ2v) is 5.03. The predicted molar refractivity (Wildman–Crippen MR) is 78.4 cm³/mol. The number of hydrogen-bond acceptors (Lipinski definition) is 4. The number of halogens is 2. The molecule has 0 radical (unpaired) electrons. The van der Waals surface area contributed by atoms with Crippen LogP contribution in [0.5, 0.6) is 0 Å². The highest BCUT2D eigenvalue weighted by Gasteiger charge is 2.25. The highest BCUT2D eigenvalue weighted by Crippen LogP contribution is 2.26. The van der Waals surface area contributed by atoms with Crippen molar-refractivity contribution >= 4 is 42.1 Å². The fourth-order valence-corrected chi connectivity index (χ4v) is 2.70. The van der Waals surface area contributed by atoms with E-state index in [0.29, 0.717) is 18.9 Å². The van der Waals surface area contributed by atoms with Gasteiger partial charge in [-0.1, -0.05) is 6.42 Å². The molecular formula is C11H19Cl2N3OS. The van der Waals surface area contributed by atoms with Gasteiger partial charge in [-0.2, -0.15) is 0 Å². The lowest BCUT2D eigenvalue weighted by molar-refractivity contribution is -0.122. The van der Waals surface area contributed by atoms with E-state index in [9.17, 15) is 4.79 Å². The minimum Gasteiger partial charge on any atom is -0.350 e. The summed E-state index contributed by atoms with van der Waals surface area (Å²) in [7, 11) is 0. The maximum Gasteiger partial charge on any atom is 0.220 e. The molecule has 0 spiro atoms. The van der Waals surface area contributed by atoms with Crippen LogP contribution >= 0.6 is 36.2 Å². The molecule has 1 aliphatic carbocycles. The Bertz CT molecular complexity index is 348. The minimum absolute atomic E-state index is 0. The number of nitrogens with two attached hydrogens (primary N) is 1. The van der Waals surface area contributed by atoms with Crippen molar-refractivity contribution < 1.29 is 4.79 Å². The maximum absolute atomic E-state index is 11.6. The van der Waals surface area contributed by atoms with Gasteiger partial charge in [0.05, 0.1) is 17.7 Å². The zero-order valence-electron chi connectivity index (χ0n) is 10.0. The van der Waals surface area contributed by atoms with Crippen LogP contribution in [-0.4, -0.2) is 16.9 Å². The summed E-state index contributed by atoms with van der Waals surface area (Å²) in [5.41, 5.74) is 8.62. The Morgan fingerprint density at radius 2 is 2.28 bits per heavy atom. The smallest absolute Gasteiger partial charge is 0.220 e. The van der Waals surface area contributed by atoms with Gasteiger partial charge in [0.15, 0.2) is 0 Å².